The van der Waals surface area contributed by atoms with Crippen LogP contribution in [0.5, 0.6) is 0 Å². The van der Waals surface area contributed by atoms with Crippen LogP contribution in [0.3, 0.4) is 0 Å². The van der Waals surface area contributed by atoms with Gasteiger partial charge in [-0.3, -0.25) is 4.79 Å². The summed E-state index contributed by atoms with van der Waals surface area (Å²) in [6, 6.07) is 0. The molecule has 9 heteroatoms. The predicted octanol–water partition coefficient (Wildman–Crippen LogP) is 13.0. The molecule has 1 heterocycles. The van der Waals surface area contributed by atoms with Gasteiger partial charge < -0.3 is 39.4 Å². The summed E-state index contributed by atoms with van der Waals surface area (Å²) in [7, 11) is 0. The van der Waals surface area contributed by atoms with Gasteiger partial charge in [-0.2, -0.15) is 0 Å². The molecule has 0 spiro atoms. The second-order valence-corrected chi connectivity index (χ2v) is 17.9. The van der Waals surface area contributed by atoms with Crippen molar-refractivity contribution in [2.24, 2.45) is 0 Å². The number of hydrogen-bond donors (Lipinski definition) is 4. The van der Waals surface area contributed by atoms with Gasteiger partial charge in [0.05, 0.1) is 19.8 Å². The van der Waals surface area contributed by atoms with Crippen LogP contribution in [0.1, 0.15) is 219 Å². The fourth-order valence-corrected chi connectivity index (χ4v) is 7.87. The van der Waals surface area contributed by atoms with E-state index < -0.39 is 43.4 Å². The van der Waals surface area contributed by atoms with E-state index in [4.69, 9.17) is 18.9 Å². The molecule has 1 fully saturated rings. The molecular weight excluding hydrogens is 805 g/mol. The monoisotopic (exact) mass is 903 g/mol. The fourth-order valence-electron chi connectivity index (χ4n) is 7.87. The van der Waals surface area contributed by atoms with Crippen molar-refractivity contribution in [3.05, 3.63) is 60.8 Å². The molecule has 1 saturated heterocycles. The van der Waals surface area contributed by atoms with Gasteiger partial charge in [-0.15, -0.1) is 0 Å². The first-order chi connectivity index (χ1) is 31.4. The number of rotatable bonds is 45. The van der Waals surface area contributed by atoms with Crippen LogP contribution in [0, 0.1) is 0 Å². The highest BCUT2D eigenvalue weighted by Crippen LogP contribution is 2.23. The van der Waals surface area contributed by atoms with Crippen molar-refractivity contribution in [2.75, 3.05) is 26.4 Å². The minimum absolute atomic E-state index is 0.120. The van der Waals surface area contributed by atoms with Crippen LogP contribution in [-0.2, 0) is 23.7 Å². The van der Waals surface area contributed by atoms with E-state index >= 15 is 0 Å². The molecule has 64 heavy (non-hydrogen) atoms. The molecule has 1 aliphatic heterocycles. The average Bonchev–Trinajstić information content (AvgIpc) is 3.30. The Morgan fingerprint density at radius 1 is 0.516 bits per heavy atom. The summed E-state index contributed by atoms with van der Waals surface area (Å²) < 4.78 is 22.9. The summed E-state index contributed by atoms with van der Waals surface area (Å²) in [4.78, 5) is 12.8. The van der Waals surface area contributed by atoms with Gasteiger partial charge in [-0.05, 0) is 57.8 Å². The largest absolute Gasteiger partial charge is 0.457 e. The lowest BCUT2D eigenvalue weighted by Gasteiger charge is -2.39. The van der Waals surface area contributed by atoms with Gasteiger partial charge in [0.2, 0.25) is 0 Å². The zero-order valence-corrected chi connectivity index (χ0v) is 41.0. The first kappa shape index (κ1) is 59.9. The second kappa shape index (κ2) is 46.0. The Morgan fingerprint density at radius 3 is 1.44 bits per heavy atom. The van der Waals surface area contributed by atoms with E-state index in [0.29, 0.717) is 13.0 Å². The van der Waals surface area contributed by atoms with Crippen LogP contribution in [0.25, 0.3) is 0 Å². The second-order valence-electron chi connectivity index (χ2n) is 17.9. The number of carbonyl (C=O) groups is 1. The minimum atomic E-state index is -1.54. The van der Waals surface area contributed by atoms with Crippen molar-refractivity contribution in [1.82, 2.24) is 0 Å². The van der Waals surface area contributed by atoms with Gasteiger partial charge in [0, 0.05) is 13.0 Å². The van der Waals surface area contributed by atoms with Gasteiger partial charge in [-0.25, -0.2) is 0 Å². The molecule has 0 aromatic rings. The van der Waals surface area contributed by atoms with Crippen molar-refractivity contribution < 1.29 is 44.2 Å². The van der Waals surface area contributed by atoms with Crippen LogP contribution >= 0.6 is 0 Å². The molecule has 0 radical (unpaired) electrons. The van der Waals surface area contributed by atoms with Crippen molar-refractivity contribution in [1.29, 1.82) is 0 Å². The summed E-state index contributed by atoms with van der Waals surface area (Å²) in [5, 5.41) is 40.3. The highest BCUT2D eigenvalue weighted by molar-refractivity contribution is 5.69. The number of aliphatic hydroxyl groups excluding tert-OH is 4. The van der Waals surface area contributed by atoms with Crippen molar-refractivity contribution in [3.8, 4) is 0 Å². The van der Waals surface area contributed by atoms with Crippen LogP contribution in [0.15, 0.2) is 60.8 Å². The molecule has 0 aromatic carbocycles. The van der Waals surface area contributed by atoms with E-state index in [-0.39, 0.29) is 19.2 Å². The smallest absolute Gasteiger partial charge is 0.306 e. The lowest BCUT2D eigenvalue weighted by atomic mass is 9.99. The van der Waals surface area contributed by atoms with Gasteiger partial charge >= 0.3 is 5.97 Å². The van der Waals surface area contributed by atoms with Gasteiger partial charge in [0.15, 0.2) is 6.29 Å². The normalized spacial score (nSPS) is 20.0. The fraction of sp³-hybridized carbons (Fsp3) is 0.800. The third kappa shape index (κ3) is 36.1. The summed E-state index contributed by atoms with van der Waals surface area (Å²) in [6.45, 7) is 4.44. The van der Waals surface area contributed by atoms with Gasteiger partial charge in [0.1, 0.15) is 30.5 Å². The number of carbonyl (C=O) groups excluding carboxylic acids is 1. The molecular formula is C55H98O9. The summed E-state index contributed by atoms with van der Waals surface area (Å²) in [5.74, 6) is -0.317. The predicted molar refractivity (Wildman–Crippen MR) is 265 cm³/mol. The molecule has 4 N–H and O–H groups in total. The number of hydrogen-bond acceptors (Lipinski definition) is 9. The maximum Gasteiger partial charge on any atom is 0.306 e. The standard InChI is InChI=1S/C55H98O9/c1-3-5-7-9-11-13-15-17-19-21-23-24-25-27-29-31-33-35-37-39-41-43-45-61-47-49(48-62-55-54(60)53(59)52(58)50(46-56)64-55)63-51(57)44-42-40-38-36-34-32-30-28-26-22-20-18-16-14-12-10-8-6-4-2/h5,7,11,13,17,19,23-24,27,29,49-50,52-56,58-60H,3-4,6,8-10,12,14-16,18,20-22,25-26,28,30-48H2,1-2H3/b7-5-,13-11-,19-17-,24-23-,29-27-. The molecule has 0 aliphatic carbocycles. The Bertz CT molecular complexity index is 1160. The average molecular weight is 903 g/mol. The molecule has 1 aliphatic rings. The zero-order valence-electron chi connectivity index (χ0n) is 41.0. The van der Waals surface area contributed by atoms with E-state index in [1.165, 1.54) is 122 Å². The maximum absolute atomic E-state index is 12.8. The van der Waals surface area contributed by atoms with E-state index in [1.54, 1.807) is 0 Å². The molecule has 372 valence electrons. The number of esters is 1. The molecule has 6 atom stereocenters. The Balaban J connectivity index is 2.21. The first-order valence-corrected chi connectivity index (χ1v) is 26.4. The Hall–Kier alpha value is -2.11. The first-order valence-electron chi connectivity index (χ1n) is 26.4. The maximum atomic E-state index is 12.8. The molecule has 9 nitrogen and oxygen atoms in total. The number of allylic oxidation sites excluding steroid dienone is 10. The summed E-state index contributed by atoms with van der Waals surface area (Å²) >= 11 is 0. The SMILES string of the molecule is CC/C=C\C/C=C\C/C=C\C/C=C\C/C=C\CCCCCCCCOCC(COC1OC(CO)C(O)C(O)C1O)OC(=O)CCCCCCCCCCCCCCCCCCCCC. The van der Waals surface area contributed by atoms with E-state index in [2.05, 4.69) is 74.6 Å². The Labute approximate surface area is 392 Å². The van der Waals surface area contributed by atoms with Crippen LogP contribution in [0.2, 0.25) is 0 Å². The number of unbranched alkanes of at least 4 members (excludes halogenated alkanes) is 24. The third-order valence-corrected chi connectivity index (χ3v) is 11.9. The lowest BCUT2D eigenvalue weighted by Crippen LogP contribution is -2.59. The van der Waals surface area contributed by atoms with Crippen molar-refractivity contribution in [3.63, 3.8) is 0 Å². The Kier molecular flexibility index (Phi) is 43.1. The molecule has 0 amide bonds. The third-order valence-electron chi connectivity index (χ3n) is 11.9. The summed E-state index contributed by atoms with van der Waals surface area (Å²) in [5.41, 5.74) is 0. The molecule has 0 saturated carbocycles. The van der Waals surface area contributed by atoms with Crippen LogP contribution < -0.4 is 0 Å². The highest BCUT2D eigenvalue weighted by Gasteiger charge is 2.44. The molecule has 1 rings (SSSR count). The highest BCUT2D eigenvalue weighted by atomic mass is 16.7. The summed E-state index contributed by atoms with van der Waals surface area (Å²) in [6.07, 6.45) is 52.5. The quantitative estimate of drug-likeness (QED) is 0.0268. The van der Waals surface area contributed by atoms with E-state index in [0.717, 1.165) is 77.0 Å². The van der Waals surface area contributed by atoms with Crippen LogP contribution in [-0.4, -0.2) is 89.6 Å². The Morgan fingerprint density at radius 2 is 0.953 bits per heavy atom. The topological polar surface area (TPSA) is 135 Å². The lowest BCUT2D eigenvalue weighted by molar-refractivity contribution is -0.305. The van der Waals surface area contributed by atoms with Gasteiger partial charge in [-0.1, -0.05) is 216 Å². The number of aliphatic hydroxyl groups is 4. The van der Waals surface area contributed by atoms with Gasteiger partial charge in [0.25, 0.3) is 0 Å². The van der Waals surface area contributed by atoms with E-state index in [9.17, 15) is 25.2 Å². The van der Waals surface area contributed by atoms with Crippen molar-refractivity contribution in [2.45, 2.75) is 256 Å². The van der Waals surface area contributed by atoms with Crippen molar-refractivity contribution >= 4 is 5.97 Å². The molecule has 0 aromatic heterocycles. The van der Waals surface area contributed by atoms with Crippen LogP contribution in [0.4, 0.5) is 0 Å². The zero-order chi connectivity index (χ0) is 46.4. The minimum Gasteiger partial charge on any atom is -0.457 e. The molecule has 0 bridgehead atoms. The van der Waals surface area contributed by atoms with E-state index in [1.807, 2.05) is 0 Å². The number of ether oxygens (including phenoxy) is 4. The molecule has 6 unspecified atom stereocenters.